The van der Waals surface area contributed by atoms with Crippen LogP contribution in [0.5, 0.6) is 0 Å². The Hall–Kier alpha value is -1.60. The SMILES string of the molecule is N#CCc1nc(-c2cccc(Br)c2)n2c1CCCC2. The molecular formula is C15H14BrN3. The van der Waals surface area contributed by atoms with Crippen molar-refractivity contribution in [3.05, 3.63) is 40.1 Å². The van der Waals surface area contributed by atoms with E-state index in [2.05, 4.69) is 38.7 Å². The van der Waals surface area contributed by atoms with Gasteiger partial charge in [-0.15, -0.1) is 0 Å². The maximum atomic E-state index is 8.94. The van der Waals surface area contributed by atoms with E-state index in [1.807, 2.05) is 12.1 Å². The summed E-state index contributed by atoms with van der Waals surface area (Å²) in [7, 11) is 0. The lowest BCUT2D eigenvalue weighted by Crippen LogP contribution is -2.11. The molecular weight excluding hydrogens is 302 g/mol. The van der Waals surface area contributed by atoms with E-state index in [-0.39, 0.29) is 0 Å². The number of benzene rings is 1. The predicted octanol–water partition coefficient (Wildman–Crippen LogP) is 3.71. The van der Waals surface area contributed by atoms with Crippen molar-refractivity contribution in [2.75, 3.05) is 0 Å². The number of hydrogen-bond acceptors (Lipinski definition) is 2. The topological polar surface area (TPSA) is 41.6 Å². The van der Waals surface area contributed by atoms with Gasteiger partial charge in [-0.2, -0.15) is 5.26 Å². The minimum atomic E-state index is 0.406. The molecule has 1 aromatic carbocycles. The average Bonchev–Trinajstić information content (AvgIpc) is 2.79. The smallest absolute Gasteiger partial charge is 0.140 e. The maximum absolute atomic E-state index is 8.94. The molecule has 0 bridgehead atoms. The summed E-state index contributed by atoms with van der Waals surface area (Å²) in [5, 5.41) is 8.94. The summed E-state index contributed by atoms with van der Waals surface area (Å²) in [5.74, 6) is 1.00. The summed E-state index contributed by atoms with van der Waals surface area (Å²) < 4.78 is 3.35. The fourth-order valence-electron chi connectivity index (χ4n) is 2.68. The molecule has 1 aliphatic heterocycles. The van der Waals surface area contributed by atoms with Crippen LogP contribution in [0.15, 0.2) is 28.7 Å². The highest BCUT2D eigenvalue weighted by Gasteiger charge is 2.20. The van der Waals surface area contributed by atoms with Crippen molar-refractivity contribution in [3.63, 3.8) is 0 Å². The van der Waals surface area contributed by atoms with Crippen LogP contribution in [0.25, 0.3) is 11.4 Å². The second kappa shape index (κ2) is 5.18. The summed E-state index contributed by atoms with van der Waals surface area (Å²) in [5.41, 5.74) is 3.32. The number of halogens is 1. The molecule has 0 saturated carbocycles. The minimum Gasteiger partial charge on any atom is -0.328 e. The van der Waals surface area contributed by atoms with Gasteiger partial charge in [0.25, 0.3) is 0 Å². The Bertz CT molecular complexity index is 652. The second-order valence-electron chi connectivity index (χ2n) is 4.78. The zero-order chi connectivity index (χ0) is 13.2. The number of nitrogens with zero attached hydrogens (tertiary/aromatic N) is 3. The number of nitriles is 1. The Morgan fingerprint density at radius 2 is 2.26 bits per heavy atom. The molecule has 0 saturated heterocycles. The van der Waals surface area contributed by atoms with Crippen LogP contribution in [0.4, 0.5) is 0 Å². The van der Waals surface area contributed by atoms with Crippen molar-refractivity contribution in [3.8, 4) is 17.5 Å². The quantitative estimate of drug-likeness (QED) is 0.847. The molecule has 3 nitrogen and oxygen atoms in total. The van der Waals surface area contributed by atoms with Crippen LogP contribution in [0.1, 0.15) is 24.2 Å². The molecule has 1 aliphatic rings. The Balaban J connectivity index is 2.14. The van der Waals surface area contributed by atoms with Crippen LogP contribution >= 0.6 is 15.9 Å². The molecule has 0 spiro atoms. The van der Waals surface area contributed by atoms with Crippen LogP contribution in [0.2, 0.25) is 0 Å². The first-order valence-corrected chi connectivity index (χ1v) is 7.30. The van der Waals surface area contributed by atoms with E-state index < -0.39 is 0 Å². The molecule has 3 rings (SSSR count). The van der Waals surface area contributed by atoms with Gasteiger partial charge in [0.2, 0.25) is 0 Å². The molecule has 2 heterocycles. The molecule has 0 unspecified atom stereocenters. The Labute approximate surface area is 121 Å². The van der Waals surface area contributed by atoms with Gasteiger partial charge in [0.1, 0.15) is 5.82 Å². The van der Waals surface area contributed by atoms with E-state index in [0.717, 1.165) is 34.5 Å². The Kier molecular flexibility index (Phi) is 3.39. The van der Waals surface area contributed by atoms with Gasteiger partial charge in [0.15, 0.2) is 0 Å². The third kappa shape index (κ3) is 2.31. The summed E-state index contributed by atoms with van der Waals surface area (Å²) in [4.78, 5) is 4.71. The summed E-state index contributed by atoms with van der Waals surface area (Å²) in [6.07, 6.45) is 3.83. The highest BCUT2D eigenvalue weighted by molar-refractivity contribution is 9.10. The number of hydrogen-bond donors (Lipinski definition) is 0. The van der Waals surface area contributed by atoms with Gasteiger partial charge in [-0.3, -0.25) is 0 Å². The Morgan fingerprint density at radius 1 is 1.37 bits per heavy atom. The third-order valence-corrected chi connectivity index (χ3v) is 4.02. The first-order valence-electron chi connectivity index (χ1n) is 6.51. The minimum absolute atomic E-state index is 0.406. The standard InChI is InChI=1S/C15H14BrN3/c16-12-5-3-4-11(10-12)15-18-13(7-8-17)14-6-1-2-9-19(14)15/h3-5,10H,1-2,6-7,9H2. The largest absolute Gasteiger partial charge is 0.328 e. The van der Waals surface area contributed by atoms with Gasteiger partial charge < -0.3 is 4.57 Å². The van der Waals surface area contributed by atoms with Crippen LogP contribution in [0.3, 0.4) is 0 Å². The van der Waals surface area contributed by atoms with Crippen LogP contribution in [-0.4, -0.2) is 9.55 Å². The van der Waals surface area contributed by atoms with E-state index in [1.165, 1.54) is 18.5 Å². The maximum Gasteiger partial charge on any atom is 0.140 e. The fourth-order valence-corrected chi connectivity index (χ4v) is 3.08. The Morgan fingerprint density at radius 3 is 3.05 bits per heavy atom. The van der Waals surface area contributed by atoms with Crippen molar-refractivity contribution >= 4 is 15.9 Å². The summed E-state index contributed by atoms with van der Waals surface area (Å²) in [6, 6.07) is 10.4. The van der Waals surface area contributed by atoms with Crippen molar-refractivity contribution in [2.45, 2.75) is 32.2 Å². The first kappa shape index (κ1) is 12.4. The van der Waals surface area contributed by atoms with Gasteiger partial charge >= 0.3 is 0 Å². The van der Waals surface area contributed by atoms with Gasteiger partial charge in [0.05, 0.1) is 18.2 Å². The monoisotopic (exact) mass is 315 g/mol. The van der Waals surface area contributed by atoms with E-state index in [4.69, 9.17) is 10.2 Å². The van der Waals surface area contributed by atoms with E-state index >= 15 is 0 Å². The average molecular weight is 316 g/mol. The molecule has 19 heavy (non-hydrogen) atoms. The third-order valence-electron chi connectivity index (χ3n) is 3.53. The number of imidazole rings is 1. The molecule has 0 aliphatic carbocycles. The van der Waals surface area contributed by atoms with Crippen molar-refractivity contribution in [1.82, 2.24) is 9.55 Å². The van der Waals surface area contributed by atoms with Crippen LogP contribution < -0.4 is 0 Å². The van der Waals surface area contributed by atoms with Crippen molar-refractivity contribution in [2.24, 2.45) is 0 Å². The van der Waals surface area contributed by atoms with Crippen molar-refractivity contribution in [1.29, 1.82) is 5.26 Å². The van der Waals surface area contributed by atoms with Crippen molar-refractivity contribution < 1.29 is 0 Å². The lowest BCUT2D eigenvalue weighted by Gasteiger charge is -2.17. The second-order valence-corrected chi connectivity index (χ2v) is 5.70. The van der Waals surface area contributed by atoms with E-state index in [1.54, 1.807) is 0 Å². The number of rotatable bonds is 2. The fraction of sp³-hybridized carbons (Fsp3) is 0.333. The zero-order valence-electron chi connectivity index (χ0n) is 10.6. The molecule has 0 fully saturated rings. The molecule has 96 valence electrons. The number of fused-ring (bicyclic) bond motifs is 1. The summed E-state index contributed by atoms with van der Waals surface area (Å²) >= 11 is 3.50. The molecule has 2 aromatic rings. The highest BCUT2D eigenvalue weighted by Crippen LogP contribution is 2.29. The van der Waals surface area contributed by atoms with E-state index in [9.17, 15) is 0 Å². The highest BCUT2D eigenvalue weighted by atomic mass is 79.9. The normalized spacial score (nSPS) is 13.9. The molecule has 4 heteroatoms. The van der Waals surface area contributed by atoms with Gasteiger partial charge in [-0.05, 0) is 31.4 Å². The molecule has 0 N–H and O–H groups in total. The molecule has 1 aromatic heterocycles. The molecule has 0 atom stereocenters. The van der Waals surface area contributed by atoms with Gasteiger partial charge in [-0.25, -0.2) is 4.98 Å². The van der Waals surface area contributed by atoms with Gasteiger partial charge in [0, 0.05) is 22.3 Å². The van der Waals surface area contributed by atoms with Gasteiger partial charge in [-0.1, -0.05) is 28.1 Å². The number of aromatic nitrogens is 2. The first-order chi connectivity index (χ1) is 9.29. The molecule has 0 radical (unpaired) electrons. The lowest BCUT2D eigenvalue weighted by molar-refractivity contribution is 0.534. The molecule has 0 amide bonds. The predicted molar refractivity (Wildman–Crippen MR) is 77.6 cm³/mol. The van der Waals surface area contributed by atoms with Crippen LogP contribution in [0, 0.1) is 11.3 Å². The zero-order valence-corrected chi connectivity index (χ0v) is 12.2. The lowest BCUT2D eigenvalue weighted by atomic mass is 10.1. The van der Waals surface area contributed by atoms with E-state index in [0.29, 0.717) is 6.42 Å². The van der Waals surface area contributed by atoms with Crippen LogP contribution in [-0.2, 0) is 19.4 Å². The summed E-state index contributed by atoms with van der Waals surface area (Å²) in [6.45, 7) is 1.01.